The van der Waals surface area contributed by atoms with Gasteiger partial charge in [-0.1, -0.05) is 40.0 Å². The number of unbranched alkanes of at least 4 members (excludes halogenated alkanes) is 1. The van der Waals surface area contributed by atoms with Gasteiger partial charge in [0.05, 0.1) is 5.84 Å². The molecule has 2 N–H and O–H groups in total. The van der Waals surface area contributed by atoms with E-state index in [0.717, 1.165) is 31.1 Å². The molecule has 14 heavy (non-hydrogen) atoms. The third kappa shape index (κ3) is 6.93. The second kappa shape index (κ2) is 9.04. The zero-order chi connectivity index (χ0) is 10.8. The Morgan fingerprint density at radius 3 is 2.43 bits per heavy atom. The minimum atomic E-state index is 0.741. The highest BCUT2D eigenvalue weighted by atomic mass is 14.8. The fraction of sp³-hybridized carbons (Fsp3) is 0.917. The van der Waals surface area contributed by atoms with E-state index >= 15 is 0 Å². The number of hydrogen-bond acceptors (Lipinski definition) is 1. The molecule has 0 bridgehead atoms. The standard InChI is InChI=1S/C12H26N2/c1-4-7-9-11(6-3)10-14-12(13)8-5-2/h11H,4-10H2,1-3H3,(H2,13,14). The Morgan fingerprint density at radius 2 is 1.93 bits per heavy atom. The number of rotatable bonds is 8. The predicted octanol–water partition coefficient (Wildman–Crippen LogP) is 3.36. The van der Waals surface area contributed by atoms with Crippen molar-refractivity contribution < 1.29 is 0 Å². The molecule has 0 radical (unpaired) electrons. The summed E-state index contributed by atoms with van der Waals surface area (Å²) >= 11 is 0. The third-order valence-electron chi connectivity index (χ3n) is 2.60. The number of amidine groups is 1. The number of aliphatic imine (C=N–C) groups is 1. The van der Waals surface area contributed by atoms with Crippen LogP contribution in [0, 0.1) is 5.92 Å². The average Bonchev–Trinajstić information content (AvgIpc) is 2.19. The zero-order valence-electron chi connectivity index (χ0n) is 10.1. The van der Waals surface area contributed by atoms with E-state index in [0.29, 0.717) is 0 Å². The van der Waals surface area contributed by atoms with Crippen LogP contribution in [0.25, 0.3) is 0 Å². The van der Waals surface area contributed by atoms with Gasteiger partial charge in [-0.25, -0.2) is 0 Å². The van der Waals surface area contributed by atoms with Crippen molar-refractivity contribution in [3.63, 3.8) is 0 Å². The molecule has 0 spiro atoms. The Morgan fingerprint density at radius 1 is 1.21 bits per heavy atom. The van der Waals surface area contributed by atoms with Gasteiger partial charge in [0.1, 0.15) is 0 Å². The van der Waals surface area contributed by atoms with Gasteiger partial charge in [-0.05, 0) is 18.8 Å². The topological polar surface area (TPSA) is 38.4 Å². The van der Waals surface area contributed by atoms with E-state index in [-0.39, 0.29) is 0 Å². The summed E-state index contributed by atoms with van der Waals surface area (Å²) < 4.78 is 0. The van der Waals surface area contributed by atoms with Crippen LogP contribution in [0.2, 0.25) is 0 Å². The lowest BCUT2D eigenvalue weighted by Crippen LogP contribution is -2.14. The number of hydrogen-bond donors (Lipinski definition) is 1. The lowest BCUT2D eigenvalue weighted by molar-refractivity contribution is 0.462. The largest absolute Gasteiger partial charge is 0.387 e. The van der Waals surface area contributed by atoms with Crippen molar-refractivity contribution in [2.75, 3.05) is 6.54 Å². The Kier molecular flexibility index (Phi) is 8.70. The van der Waals surface area contributed by atoms with Gasteiger partial charge in [0.25, 0.3) is 0 Å². The van der Waals surface area contributed by atoms with E-state index < -0.39 is 0 Å². The summed E-state index contributed by atoms with van der Waals surface area (Å²) in [5.74, 6) is 1.58. The van der Waals surface area contributed by atoms with Crippen LogP contribution < -0.4 is 5.73 Å². The molecule has 0 aromatic heterocycles. The molecule has 0 aromatic rings. The lowest BCUT2D eigenvalue weighted by atomic mass is 10.00. The molecule has 0 rings (SSSR count). The van der Waals surface area contributed by atoms with E-state index in [4.69, 9.17) is 5.73 Å². The summed E-state index contributed by atoms with van der Waals surface area (Å²) in [6.45, 7) is 7.55. The molecule has 0 aliphatic heterocycles. The van der Waals surface area contributed by atoms with E-state index in [1.54, 1.807) is 0 Å². The molecule has 0 aliphatic carbocycles. The van der Waals surface area contributed by atoms with Gasteiger partial charge in [-0.3, -0.25) is 4.99 Å². The van der Waals surface area contributed by atoms with Crippen LogP contribution in [-0.4, -0.2) is 12.4 Å². The first kappa shape index (κ1) is 13.5. The van der Waals surface area contributed by atoms with Crippen LogP contribution in [0.4, 0.5) is 0 Å². The van der Waals surface area contributed by atoms with E-state index in [1.807, 2.05) is 0 Å². The van der Waals surface area contributed by atoms with Gasteiger partial charge in [0, 0.05) is 13.0 Å². The van der Waals surface area contributed by atoms with Crippen molar-refractivity contribution in [1.82, 2.24) is 0 Å². The Balaban J connectivity index is 3.75. The molecule has 2 nitrogen and oxygen atoms in total. The highest BCUT2D eigenvalue weighted by molar-refractivity contribution is 5.80. The fourth-order valence-corrected chi connectivity index (χ4v) is 1.50. The minimum absolute atomic E-state index is 0.741. The number of nitrogens with zero attached hydrogens (tertiary/aromatic N) is 1. The molecule has 84 valence electrons. The minimum Gasteiger partial charge on any atom is -0.387 e. The van der Waals surface area contributed by atoms with Crippen LogP contribution in [0.1, 0.15) is 59.3 Å². The highest BCUT2D eigenvalue weighted by Gasteiger charge is 2.04. The summed E-state index contributed by atoms with van der Waals surface area (Å²) in [5.41, 5.74) is 5.77. The normalized spacial score (nSPS) is 14.4. The van der Waals surface area contributed by atoms with Gasteiger partial charge in [0.15, 0.2) is 0 Å². The molecule has 2 heteroatoms. The van der Waals surface area contributed by atoms with Crippen LogP contribution in [0.3, 0.4) is 0 Å². The van der Waals surface area contributed by atoms with Crippen LogP contribution in [0.15, 0.2) is 4.99 Å². The smallest absolute Gasteiger partial charge is 0.0937 e. The molecule has 0 aliphatic rings. The second-order valence-corrected chi connectivity index (χ2v) is 4.00. The van der Waals surface area contributed by atoms with E-state index in [9.17, 15) is 0 Å². The maximum absolute atomic E-state index is 5.77. The first-order chi connectivity index (χ1) is 6.74. The molecule has 1 unspecified atom stereocenters. The molecule has 0 amide bonds. The van der Waals surface area contributed by atoms with Gasteiger partial charge in [-0.2, -0.15) is 0 Å². The van der Waals surface area contributed by atoms with E-state index in [2.05, 4.69) is 25.8 Å². The predicted molar refractivity (Wildman–Crippen MR) is 64.7 cm³/mol. The molecular formula is C12H26N2. The summed E-state index contributed by atoms with van der Waals surface area (Å²) in [5, 5.41) is 0. The molecule has 1 atom stereocenters. The van der Waals surface area contributed by atoms with E-state index in [1.165, 1.54) is 25.7 Å². The van der Waals surface area contributed by atoms with Gasteiger partial charge in [0.2, 0.25) is 0 Å². The Labute approximate surface area is 89.0 Å². The maximum Gasteiger partial charge on any atom is 0.0937 e. The van der Waals surface area contributed by atoms with Crippen LogP contribution >= 0.6 is 0 Å². The molecule has 0 fully saturated rings. The van der Waals surface area contributed by atoms with Gasteiger partial charge < -0.3 is 5.73 Å². The molecule has 0 aromatic carbocycles. The van der Waals surface area contributed by atoms with Crippen molar-refractivity contribution in [3.05, 3.63) is 0 Å². The van der Waals surface area contributed by atoms with Crippen molar-refractivity contribution in [3.8, 4) is 0 Å². The van der Waals surface area contributed by atoms with Gasteiger partial charge in [-0.15, -0.1) is 0 Å². The molecule has 0 saturated carbocycles. The summed E-state index contributed by atoms with van der Waals surface area (Å²) in [7, 11) is 0. The summed E-state index contributed by atoms with van der Waals surface area (Å²) in [4.78, 5) is 4.43. The first-order valence-corrected chi connectivity index (χ1v) is 6.03. The first-order valence-electron chi connectivity index (χ1n) is 6.03. The van der Waals surface area contributed by atoms with Crippen molar-refractivity contribution >= 4 is 5.84 Å². The summed E-state index contributed by atoms with van der Waals surface area (Å²) in [6, 6.07) is 0. The quantitative estimate of drug-likeness (QED) is 0.471. The lowest BCUT2D eigenvalue weighted by Gasteiger charge is -2.11. The number of nitrogens with two attached hydrogens (primary N) is 1. The monoisotopic (exact) mass is 198 g/mol. The molecule has 0 heterocycles. The molecule has 0 saturated heterocycles. The van der Waals surface area contributed by atoms with Gasteiger partial charge >= 0.3 is 0 Å². The average molecular weight is 198 g/mol. The SMILES string of the molecule is CCCCC(CC)CN=C(N)CCC. The molecular weight excluding hydrogens is 172 g/mol. The van der Waals surface area contributed by atoms with Crippen molar-refractivity contribution in [1.29, 1.82) is 0 Å². The van der Waals surface area contributed by atoms with Crippen LogP contribution in [-0.2, 0) is 0 Å². The van der Waals surface area contributed by atoms with Crippen molar-refractivity contribution in [2.24, 2.45) is 16.6 Å². The zero-order valence-corrected chi connectivity index (χ0v) is 10.1. The Hall–Kier alpha value is -0.530. The highest BCUT2D eigenvalue weighted by Crippen LogP contribution is 2.12. The van der Waals surface area contributed by atoms with Crippen molar-refractivity contribution in [2.45, 2.75) is 59.3 Å². The fourth-order valence-electron chi connectivity index (χ4n) is 1.50. The Bertz CT molecular complexity index is 152. The third-order valence-corrected chi connectivity index (χ3v) is 2.60. The summed E-state index contributed by atoms with van der Waals surface area (Å²) in [6.07, 6.45) is 7.18. The maximum atomic E-state index is 5.77. The second-order valence-electron chi connectivity index (χ2n) is 4.00. The van der Waals surface area contributed by atoms with Crippen LogP contribution in [0.5, 0.6) is 0 Å².